The molecule has 0 aliphatic carbocycles. The first-order chi connectivity index (χ1) is 13.2. The molecule has 0 unspecified atom stereocenters. The van der Waals surface area contributed by atoms with Crippen molar-refractivity contribution in [2.45, 2.75) is 37.8 Å². The number of hydrogen-bond acceptors (Lipinski definition) is 5. The van der Waals surface area contributed by atoms with E-state index in [1.165, 1.54) is 0 Å². The molecular formula is C21H24N4O2. The van der Waals surface area contributed by atoms with Crippen LogP contribution < -0.4 is 4.74 Å². The van der Waals surface area contributed by atoms with Gasteiger partial charge in [0.25, 0.3) is 0 Å². The van der Waals surface area contributed by atoms with E-state index < -0.39 is 0 Å². The Morgan fingerprint density at radius 1 is 1.22 bits per heavy atom. The van der Waals surface area contributed by atoms with Crippen LogP contribution in [-0.2, 0) is 4.79 Å². The lowest BCUT2D eigenvalue weighted by molar-refractivity contribution is -0.132. The van der Waals surface area contributed by atoms with E-state index in [0.29, 0.717) is 13.1 Å². The average molecular weight is 364 g/mol. The Kier molecular flexibility index (Phi) is 5.21. The molecule has 2 aromatic rings. The van der Waals surface area contributed by atoms with Crippen molar-refractivity contribution in [3.63, 3.8) is 0 Å². The SMILES string of the molecule is N#C[C@@H]1CCCN1C(=O)CN1CCC(Oc2ccc3ncccc3c2)CC1. The fourth-order valence-corrected chi connectivity index (χ4v) is 3.99. The number of piperidine rings is 1. The maximum absolute atomic E-state index is 12.5. The first-order valence-corrected chi connectivity index (χ1v) is 9.66. The summed E-state index contributed by atoms with van der Waals surface area (Å²) in [4.78, 5) is 20.7. The molecule has 2 aliphatic heterocycles. The molecule has 0 saturated carbocycles. The van der Waals surface area contributed by atoms with Gasteiger partial charge in [-0.25, -0.2) is 0 Å². The van der Waals surface area contributed by atoms with E-state index in [9.17, 15) is 4.79 Å². The highest BCUT2D eigenvalue weighted by atomic mass is 16.5. The molecule has 2 aliphatic rings. The number of amides is 1. The van der Waals surface area contributed by atoms with Gasteiger partial charge in [0.1, 0.15) is 17.9 Å². The Morgan fingerprint density at radius 3 is 2.89 bits per heavy atom. The molecule has 1 aromatic heterocycles. The summed E-state index contributed by atoms with van der Waals surface area (Å²) in [5.41, 5.74) is 0.968. The van der Waals surface area contributed by atoms with Crippen LogP contribution in [0.25, 0.3) is 10.9 Å². The number of aromatic nitrogens is 1. The van der Waals surface area contributed by atoms with Gasteiger partial charge in [-0.1, -0.05) is 6.07 Å². The smallest absolute Gasteiger partial charge is 0.237 e. The zero-order chi connectivity index (χ0) is 18.6. The van der Waals surface area contributed by atoms with E-state index in [1.807, 2.05) is 30.3 Å². The number of benzene rings is 1. The molecule has 6 nitrogen and oxygen atoms in total. The van der Waals surface area contributed by atoms with Crippen LogP contribution in [0, 0.1) is 11.3 Å². The highest BCUT2D eigenvalue weighted by molar-refractivity contribution is 5.80. The predicted molar refractivity (Wildman–Crippen MR) is 102 cm³/mol. The van der Waals surface area contributed by atoms with Crippen LogP contribution in [0.2, 0.25) is 0 Å². The second-order valence-electron chi connectivity index (χ2n) is 7.33. The second-order valence-corrected chi connectivity index (χ2v) is 7.33. The van der Waals surface area contributed by atoms with Crippen LogP contribution in [-0.4, -0.2) is 59.0 Å². The molecule has 2 saturated heterocycles. The van der Waals surface area contributed by atoms with Crippen molar-refractivity contribution in [1.29, 1.82) is 5.26 Å². The van der Waals surface area contributed by atoms with Crippen molar-refractivity contribution in [3.8, 4) is 11.8 Å². The van der Waals surface area contributed by atoms with E-state index >= 15 is 0 Å². The molecule has 1 aromatic carbocycles. The molecule has 27 heavy (non-hydrogen) atoms. The summed E-state index contributed by atoms with van der Waals surface area (Å²) in [7, 11) is 0. The Balaban J connectivity index is 1.28. The Bertz CT molecular complexity index is 855. The number of pyridine rings is 1. The van der Waals surface area contributed by atoms with Gasteiger partial charge < -0.3 is 9.64 Å². The number of likely N-dealkylation sites (tertiary alicyclic amines) is 2. The molecule has 0 radical (unpaired) electrons. The van der Waals surface area contributed by atoms with E-state index in [1.54, 1.807) is 11.1 Å². The largest absolute Gasteiger partial charge is 0.490 e. The Morgan fingerprint density at radius 2 is 2.07 bits per heavy atom. The Hall–Kier alpha value is -2.65. The number of nitrogens with zero attached hydrogens (tertiary/aromatic N) is 4. The van der Waals surface area contributed by atoms with Crippen molar-refractivity contribution in [1.82, 2.24) is 14.8 Å². The molecule has 2 fully saturated rings. The maximum Gasteiger partial charge on any atom is 0.237 e. The van der Waals surface area contributed by atoms with E-state index in [4.69, 9.17) is 10.00 Å². The number of carbonyl (C=O) groups excluding carboxylic acids is 1. The molecule has 6 heteroatoms. The summed E-state index contributed by atoms with van der Waals surface area (Å²) in [5, 5.41) is 10.2. The minimum absolute atomic E-state index is 0.0837. The van der Waals surface area contributed by atoms with Crippen LogP contribution in [0.1, 0.15) is 25.7 Å². The molecule has 0 N–H and O–H groups in total. The van der Waals surface area contributed by atoms with Crippen molar-refractivity contribution >= 4 is 16.8 Å². The fraction of sp³-hybridized carbons (Fsp3) is 0.476. The lowest BCUT2D eigenvalue weighted by Crippen LogP contribution is -2.46. The zero-order valence-corrected chi connectivity index (χ0v) is 15.4. The predicted octanol–water partition coefficient (Wildman–Crippen LogP) is 2.59. The van der Waals surface area contributed by atoms with Crippen LogP contribution in [0.15, 0.2) is 36.5 Å². The van der Waals surface area contributed by atoms with E-state index in [-0.39, 0.29) is 18.1 Å². The Labute approximate surface area is 159 Å². The summed E-state index contributed by atoms with van der Waals surface area (Å²) in [5.74, 6) is 0.958. The molecule has 1 amide bonds. The summed E-state index contributed by atoms with van der Waals surface area (Å²) < 4.78 is 6.16. The summed E-state index contributed by atoms with van der Waals surface area (Å²) in [6.45, 7) is 2.81. The summed E-state index contributed by atoms with van der Waals surface area (Å²) in [6, 6.07) is 12.0. The van der Waals surface area contributed by atoms with Gasteiger partial charge in [-0.2, -0.15) is 5.26 Å². The second kappa shape index (κ2) is 7.93. The third kappa shape index (κ3) is 4.04. The third-order valence-electron chi connectivity index (χ3n) is 5.49. The highest BCUT2D eigenvalue weighted by Crippen LogP contribution is 2.23. The van der Waals surface area contributed by atoms with Gasteiger partial charge in [0.15, 0.2) is 0 Å². The van der Waals surface area contributed by atoms with E-state index in [0.717, 1.165) is 55.4 Å². The zero-order valence-electron chi connectivity index (χ0n) is 15.4. The molecule has 4 rings (SSSR count). The van der Waals surface area contributed by atoms with Crippen molar-refractivity contribution in [3.05, 3.63) is 36.5 Å². The number of rotatable bonds is 4. The minimum Gasteiger partial charge on any atom is -0.490 e. The van der Waals surface area contributed by atoms with Gasteiger partial charge in [-0.05, 0) is 49.9 Å². The van der Waals surface area contributed by atoms with Crippen molar-refractivity contribution < 1.29 is 9.53 Å². The summed E-state index contributed by atoms with van der Waals surface area (Å²) in [6.07, 6.45) is 5.51. The van der Waals surface area contributed by atoms with Gasteiger partial charge in [-0.3, -0.25) is 14.7 Å². The van der Waals surface area contributed by atoms with Gasteiger partial charge in [0.2, 0.25) is 5.91 Å². The monoisotopic (exact) mass is 364 g/mol. The molecule has 0 bridgehead atoms. The van der Waals surface area contributed by atoms with Gasteiger partial charge in [0.05, 0.1) is 18.1 Å². The van der Waals surface area contributed by atoms with E-state index in [2.05, 4.69) is 16.0 Å². The lowest BCUT2D eigenvalue weighted by Gasteiger charge is -2.33. The topological polar surface area (TPSA) is 69.5 Å². The third-order valence-corrected chi connectivity index (χ3v) is 5.49. The lowest BCUT2D eigenvalue weighted by atomic mass is 10.1. The van der Waals surface area contributed by atoms with Crippen LogP contribution in [0.4, 0.5) is 0 Å². The number of hydrogen-bond donors (Lipinski definition) is 0. The fourth-order valence-electron chi connectivity index (χ4n) is 3.99. The molecule has 140 valence electrons. The number of ether oxygens (including phenoxy) is 1. The van der Waals surface area contributed by atoms with Gasteiger partial charge >= 0.3 is 0 Å². The quantitative estimate of drug-likeness (QED) is 0.834. The highest BCUT2D eigenvalue weighted by Gasteiger charge is 2.30. The molecular weight excluding hydrogens is 340 g/mol. The maximum atomic E-state index is 12.5. The minimum atomic E-state index is -0.235. The number of nitriles is 1. The van der Waals surface area contributed by atoms with Crippen molar-refractivity contribution in [2.24, 2.45) is 0 Å². The standard InChI is InChI=1S/C21H24N4O2/c22-14-17-4-2-10-25(17)21(26)15-24-11-7-18(8-12-24)27-19-5-6-20-16(13-19)3-1-9-23-20/h1,3,5-6,9,13,17-18H,2,4,7-8,10-12,15H2/t17-/m0/s1. The average Bonchev–Trinajstić information content (AvgIpc) is 3.18. The first kappa shape index (κ1) is 17.7. The van der Waals surface area contributed by atoms with Crippen LogP contribution in [0.3, 0.4) is 0 Å². The van der Waals surface area contributed by atoms with Gasteiger partial charge in [-0.15, -0.1) is 0 Å². The molecule has 0 spiro atoms. The normalized spacial score (nSPS) is 21.3. The summed E-state index contributed by atoms with van der Waals surface area (Å²) >= 11 is 0. The van der Waals surface area contributed by atoms with Gasteiger partial charge in [0, 0.05) is 31.2 Å². The van der Waals surface area contributed by atoms with Crippen molar-refractivity contribution in [2.75, 3.05) is 26.2 Å². The van der Waals surface area contributed by atoms with Crippen LogP contribution in [0.5, 0.6) is 5.75 Å². The first-order valence-electron chi connectivity index (χ1n) is 9.66. The van der Waals surface area contributed by atoms with Crippen LogP contribution >= 0.6 is 0 Å². The number of carbonyl (C=O) groups is 1. The molecule has 3 heterocycles. The number of fused-ring (bicyclic) bond motifs is 1. The molecule has 1 atom stereocenters.